The molecule has 5 nitrogen and oxygen atoms in total. The van der Waals surface area contributed by atoms with E-state index in [2.05, 4.69) is 0 Å². The SMILES string of the molecule is COP(=O)(c1ccc(C)cc1C)N(C)c1cc(-c2ccc(F)cc2)sc1C(=O)O. The van der Waals surface area contributed by atoms with E-state index in [1.165, 1.54) is 23.9 Å². The van der Waals surface area contributed by atoms with Crippen LogP contribution in [-0.4, -0.2) is 25.2 Å². The molecule has 1 unspecified atom stereocenters. The van der Waals surface area contributed by atoms with Crippen LogP contribution in [0.1, 0.15) is 20.8 Å². The number of carboxylic acid groups (broad SMARTS) is 1. The predicted octanol–water partition coefficient (Wildman–Crippen LogP) is 5.47. The normalized spacial score (nSPS) is 13.1. The van der Waals surface area contributed by atoms with E-state index < -0.39 is 13.5 Å². The van der Waals surface area contributed by atoms with E-state index in [1.54, 1.807) is 31.3 Å². The van der Waals surface area contributed by atoms with Crippen LogP contribution >= 0.6 is 18.9 Å². The van der Waals surface area contributed by atoms with Crippen LogP contribution in [-0.2, 0) is 9.09 Å². The van der Waals surface area contributed by atoms with Gasteiger partial charge in [-0.25, -0.2) is 9.18 Å². The molecule has 0 bridgehead atoms. The molecule has 0 aliphatic heterocycles. The zero-order chi connectivity index (χ0) is 21.3. The number of hydrogen-bond acceptors (Lipinski definition) is 4. The number of anilines is 1. The summed E-state index contributed by atoms with van der Waals surface area (Å²) in [5.74, 6) is -1.51. The van der Waals surface area contributed by atoms with Crippen LogP contribution < -0.4 is 9.97 Å². The predicted molar refractivity (Wildman–Crippen MR) is 115 cm³/mol. The van der Waals surface area contributed by atoms with Crippen LogP contribution in [0.25, 0.3) is 10.4 Å². The highest BCUT2D eigenvalue weighted by atomic mass is 32.1. The van der Waals surface area contributed by atoms with Crippen LogP contribution in [0.3, 0.4) is 0 Å². The second kappa shape index (κ2) is 8.11. The molecule has 0 saturated heterocycles. The summed E-state index contributed by atoms with van der Waals surface area (Å²) in [6, 6.07) is 12.9. The summed E-state index contributed by atoms with van der Waals surface area (Å²) in [5.41, 5.74) is 2.79. The van der Waals surface area contributed by atoms with Crippen molar-refractivity contribution in [2.45, 2.75) is 13.8 Å². The molecule has 2 aromatic carbocycles. The number of nitrogens with zero attached hydrogens (tertiary/aromatic N) is 1. The molecule has 0 aliphatic rings. The van der Waals surface area contributed by atoms with Crippen LogP contribution in [0.15, 0.2) is 48.5 Å². The van der Waals surface area contributed by atoms with Gasteiger partial charge in [-0.1, -0.05) is 29.8 Å². The third kappa shape index (κ3) is 3.99. The molecular weight excluding hydrogens is 412 g/mol. The first kappa shape index (κ1) is 21.2. The molecule has 0 spiro atoms. The number of aryl methyl sites for hydroxylation is 2. The number of benzene rings is 2. The Morgan fingerprint density at radius 3 is 2.34 bits per heavy atom. The van der Waals surface area contributed by atoms with E-state index in [0.717, 1.165) is 22.5 Å². The molecule has 0 saturated carbocycles. The molecule has 8 heteroatoms. The van der Waals surface area contributed by atoms with E-state index >= 15 is 0 Å². The van der Waals surface area contributed by atoms with E-state index in [0.29, 0.717) is 15.7 Å². The van der Waals surface area contributed by atoms with Gasteiger partial charge in [0.25, 0.3) is 0 Å². The maximum absolute atomic E-state index is 13.8. The molecule has 1 aromatic heterocycles. The summed E-state index contributed by atoms with van der Waals surface area (Å²) >= 11 is 1.04. The van der Waals surface area contributed by atoms with Gasteiger partial charge < -0.3 is 9.63 Å². The molecule has 1 N–H and O–H groups in total. The van der Waals surface area contributed by atoms with Crippen LogP contribution in [0.5, 0.6) is 0 Å². The Bertz CT molecular complexity index is 1110. The minimum absolute atomic E-state index is 0.0360. The van der Waals surface area contributed by atoms with Crippen molar-refractivity contribution < 1.29 is 23.4 Å². The standard InChI is InChI=1S/C21H21FNO4PS/c1-13-5-10-18(14(2)11-13)28(26,27-4)23(3)17-12-19(29-20(17)21(24)25)15-6-8-16(22)9-7-15/h5-12H,1-4H3,(H,24,25). The molecule has 0 fully saturated rings. The van der Waals surface area contributed by atoms with Crippen LogP contribution in [0.4, 0.5) is 10.1 Å². The number of carbonyl (C=O) groups is 1. The van der Waals surface area contributed by atoms with E-state index in [9.17, 15) is 18.9 Å². The van der Waals surface area contributed by atoms with Gasteiger partial charge in [-0.15, -0.1) is 11.3 Å². The minimum atomic E-state index is -3.56. The van der Waals surface area contributed by atoms with Gasteiger partial charge in [-0.3, -0.25) is 9.24 Å². The van der Waals surface area contributed by atoms with E-state index in [-0.39, 0.29) is 16.4 Å². The second-order valence-corrected chi connectivity index (χ2v) is 10.2. The average molecular weight is 433 g/mol. The number of halogens is 1. The number of rotatable bonds is 6. The number of aromatic carboxylic acids is 1. The first-order chi connectivity index (χ1) is 13.7. The molecule has 3 aromatic rings. The molecule has 152 valence electrons. The Morgan fingerprint density at radius 1 is 1.14 bits per heavy atom. The lowest BCUT2D eigenvalue weighted by atomic mass is 10.2. The summed E-state index contributed by atoms with van der Waals surface area (Å²) < 4.78 is 34.0. The van der Waals surface area contributed by atoms with Gasteiger partial charge in [0.1, 0.15) is 10.7 Å². The number of thiophene rings is 1. The molecular formula is C21H21FNO4PS. The third-order valence-electron chi connectivity index (χ3n) is 4.68. The lowest BCUT2D eigenvalue weighted by molar-refractivity contribution is 0.0703. The number of hydrogen-bond donors (Lipinski definition) is 1. The molecule has 1 heterocycles. The van der Waals surface area contributed by atoms with Gasteiger partial charge in [-0.05, 0) is 49.2 Å². The van der Waals surface area contributed by atoms with Crippen molar-refractivity contribution in [3.05, 3.63) is 70.4 Å². The minimum Gasteiger partial charge on any atom is -0.477 e. The maximum Gasteiger partial charge on any atom is 0.348 e. The maximum atomic E-state index is 13.8. The average Bonchev–Trinajstić information content (AvgIpc) is 3.13. The van der Waals surface area contributed by atoms with Gasteiger partial charge in [0.05, 0.1) is 11.0 Å². The van der Waals surface area contributed by atoms with Crippen molar-refractivity contribution in [1.82, 2.24) is 0 Å². The fraction of sp³-hybridized carbons (Fsp3) is 0.190. The molecule has 0 radical (unpaired) electrons. The van der Waals surface area contributed by atoms with Crippen molar-refractivity contribution in [3.8, 4) is 10.4 Å². The van der Waals surface area contributed by atoms with Crippen LogP contribution in [0, 0.1) is 19.7 Å². The summed E-state index contributed by atoms with van der Waals surface area (Å²) in [5, 5.41) is 10.2. The van der Waals surface area contributed by atoms with Crippen LogP contribution in [0.2, 0.25) is 0 Å². The monoisotopic (exact) mass is 433 g/mol. The highest BCUT2D eigenvalue weighted by molar-refractivity contribution is 7.68. The lowest BCUT2D eigenvalue weighted by Gasteiger charge is -2.29. The van der Waals surface area contributed by atoms with Gasteiger partial charge in [0.15, 0.2) is 0 Å². The molecule has 3 rings (SSSR count). The first-order valence-corrected chi connectivity index (χ1v) is 11.2. The zero-order valence-electron chi connectivity index (χ0n) is 16.5. The third-order valence-corrected chi connectivity index (χ3v) is 8.46. The fourth-order valence-electron chi connectivity index (χ4n) is 3.18. The zero-order valence-corrected chi connectivity index (χ0v) is 18.2. The molecule has 29 heavy (non-hydrogen) atoms. The quantitative estimate of drug-likeness (QED) is 0.522. The Balaban J connectivity index is 2.13. The van der Waals surface area contributed by atoms with Crippen molar-refractivity contribution in [3.63, 3.8) is 0 Å². The Kier molecular flexibility index (Phi) is 5.94. The lowest BCUT2D eigenvalue weighted by Crippen LogP contribution is -2.25. The first-order valence-electron chi connectivity index (χ1n) is 8.78. The Morgan fingerprint density at radius 2 is 1.79 bits per heavy atom. The van der Waals surface area contributed by atoms with Gasteiger partial charge in [0.2, 0.25) is 0 Å². The fourth-order valence-corrected chi connectivity index (χ4v) is 6.26. The largest absolute Gasteiger partial charge is 0.477 e. The highest BCUT2D eigenvalue weighted by Crippen LogP contribution is 2.53. The summed E-state index contributed by atoms with van der Waals surface area (Å²) in [6.07, 6.45) is 0. The van der Waals surface area contributed by atoms with Gasteiger partial charge in [0, 0.05) is 19.0 Å². The Hall–Kier alpha value is -2.47. The summed E-state index contributed by atoms with van der Waals surface area (Å²) in [4.78, 5) is 12.5. The molecule has 0 aliphatic carbocycles. The smallest absolute Gasteiger partial charge is 0.348 e. The van der Waals surface area contributed by atoms with Gasteiger partial charge in [-0.2, -0.15) is 0 Å². The summed E-state index contributed by atoms with van der Waals surface area (Å²) in [7, 11) is -0.646. The van der Waals surface area contributed by atoms with E-state index in [1.807, 2.05) is 26.0 Å². The number of carboxylic acids is 1. The second-order valence-electron chi connectivity index (χ2n) is 6.65. The molecule has 1 atom stereocenters. The van der Waals surface area contributed by atoms with E-state index in [4.69, 9.17) is 4.52 Å². The van der Waals surface area contributed by atoms with Crippen molar-refractivity contribution in [2.24, 2.45) is 0 Å². The van der Waals surface area contributed by atoms with Gasteiger partial charge >= 0.3 is 13.5 Å². The summed E-state index contributed by atoms with van der Waals surface area (Å²) in [6.45, 7) is 3.78. The van der Waals surface area contributed by atoms with Crippen molar-refractivity contribution in [1.29, 1.82) is 0 Å². The molecule has 0 amide bonds. The van der Waals surface area contributed by atoms with Crippen molar-refractivity contribution >= 4 is 35.8 Å². The van der Waals surface area contributed by atoms with Crippen molar-refractivity contribution in [2.75, 3.05) is 18.8 Å². The highest BCUT2D eigenvalue weighted by Gasteiger charge is 2.35. The topological polar surface area (TPSA) is 66.8 Å². The Labute approximate surface area is 172 Å².